The van der Waals surface area contributed by atoms with Crippen LogP contribution in [0, 0.1) is 0 Å². The number of β-amino-alcohol motifs (C(OH)–C–C–N with tert-alkyl or cyclic N) is 1. The van der Waals surface area contributed by atoms with Crippen LogP contribution in [0.15, 0.2) is 30.3 Å². The molecule has 6 heteroatoms. The molecule has 1 amide bonds. The van der Waals surface area contributed by atoms with Gasteiger partial charge in [0.1, 0.15) is 5.69 Å². The zero-order chi connectivity index (χ0) is 18.8. The minimum atomic E-state index is -0.574. The lowest BCUT2D eigenvalue weighted by Crippen LogP contribution is -2.42. The Bertz CT molecular complexity index is 816. The molecule has 0 fully saturated rings. The summed E-state index contributed by atoms with van der Waals surface area (Å²) in [6.45, 7) is 4.52. The third-order valence-corrected chi connectivity index (χ3v) is 5.60. The summed E-state index contributed by atoms with van der Waals surface area (Å²) in [5.74, 6) is -0.143. The number of nitrogens with zero attached hydrogens (tertiary/aromatic N) is 2. The molecule has 2 aliphatic heterocycles. The van der Waals surface area contributed by atoms with Crippen molar-refractivity contribution in [3.05, 3.63) is 58.4 Å². The van der Waals surface area contributed by atoms with Crippen LogP contribution in [-0.4, -0.2) is 65.1 Å². The van der Waals surface area contributed by atoms with E-state index in [0.29, 0.717) is 12.2 Å². The molecule has 0 spiro atoms. The highest BCUT2D eigenvalue weighted by Crippen LogP contribution is 2.19. The third kappa shape index (κ3) is 4.24. The number of aromatic nitrogens is 1. The summed E-state index contributed by atoms with van der Waals surface area (Å²) < 4.78 is 0. The maximum Gasteiger partial charge on any atom is 0.267 e. The number of amides is 1. The van der Waals surface area contributed by atoms with E-state index in [0.717, 1.165) is 44.7 Å². The number of aliphatic hydroxyl groups is 1. The fraction of sp³-hybridized carbons (Fsp3) is 0.476. The van der Waals surface area contributed by atoms with E-state index >= 15 is 0 Å². The topological polar surface area (TPSA) is 71.6 Å². The second-order valence-electron chi connectivity index (χ2n) is 7.79. The quantitative estimate of drug-likeness (QED) is 0.740. The molecule has 1 aromatic heterocycles. The first-order valence-corrected chi connectivity index (χ1v) is 9.73. The van der Waals surface area contributed by atoms with E-state index in [1.165, 1.54) is 16.7 Å². The van der Waals surface area contributed by atoms with E-state index < -0.39 is 6.10 Å². The van der Waals surface area contributed by atoms with E-state index in [9.17, 15) is 9.90 Å². The molecule has 27 heavy (non-hydrogen) atoms. The number of likely N-dealkylation sites (N-methyl/N-ethyl adjacent to an activating group) is 1. The van der Waals surface area contributed by atoms with Crippen LogP contribution < -0.4 is 5.32 Å². The highest BCUT2D eigenvalue weighted by Gasteiger charge is 2.21. The van der Waals surface area contributed by atoms with Crippen LogP contribution >= 0.6 is 0 Å². The Hall–Kier alpha value is -2.15. The van der Waals surface area contributed by atoms with Gasteiger partial charge in [0.15, 0.2) is 0 Å². The molecule has 2 aliphatic rings. The van der Waals surface area contributed by atoms with Gasteiger partial charge < -0.3 is 20.3 Å². The van der Waals surface area contributed by atoms with Crippen LogP contribution in [0.5, 0.6) is 0 Å². The van der Waals surface area contributed by atoms with E-state index in [1.54, 1.807) is 0 Å². The normalized spacial score (nSPS) is 18.6. The van der Waals surface area contributed by atoms with E-state index in [4.69, 9.17) is 0 Å². The van der Waals surface area contributed by atoms with Gasteiger partial charge >= 0.3 is 0 Å². The SMILES string of the molecule is CN1CCc2[nH]c(C(=O)NCC(O)CN3CCc4ccccc4C3)cc2C1. The fourth-order valence-electron chi connectivity index (χ4n) is 4.08. The number of rotatable bonds is 5. The molecule has 1 atom stereocenters. The number of aromatic amines is 1. The second kappa shape index (κ2) is 7.84. The van der Waals surface area contributed by atoms with Gasteiger partial charge in [-0.15, -0.1) is 0 Å². The van der Waals surface area contributed by atoms with Crippen LogP contribution in [0.4, 0.5) is 0 Å². The van der Waals surface area contributed by atoms with Crippen LogP contribution in [0.2, 0.25) is 0 Å². The van der Waals surface area contributed by atoms with Gasteiger partial charge in [-0.3, -0.25) is 9.69 Å². The average Bonchev–Trinajstić information content (AvgIpc) is 3.09. The molecule has 1 aromatic carbocycles. The Morgan fingerprint density at radius 2 is 2.00 bits per heavy atom. The fourth-order valence-corrected chi connectivity index (χ4v) is 4.08. The van der Waals surface area contributed by atoms with Crippen molar-refractivity contribution in [1.82, 2.24) is 20.1 Å². The van der Waals surface area contributed by atoms with Crippen molar-refractivity contribution in [3.63, 3.8) is 0 Å². The van der Waals surface area contributed by atoms with Gasteiger partial charge in [-0.05, 0) is 36.2 Å². The molecule has 1 unspecified atom stereocenters. The molecular weight excluding hydrogens is 340 g/mol. The maximum atomic E-state index is 12.4. The predicted octanol–water partition coefficient (Wildman–Crippen LogP) is 1.15. The second-order valence-corrected chi connectivity index (χ2v) is 7.79. The largest absolute Gasteiger partial charge is 0.390 e. The molecule has 2 aromatic rings. The van der Waals surface area contributed by atoms with Crippen LogP contribution in [0.1, 0.15) is 32.9 Å². The molecular formula is C21H28N4O2. The zero-order valence-corrected chi connectivity index (χ0v) is 15.9. The lowest BCUT2D eigenvalue weighted by atomic mass is 10.00. The Morgan fingerprint density at radius 1 is 1.19 bits per heavy atom. The Balaban J connectivity index is 1.27. The highest BCUT2D eigenvalue weighted by molar-refractivity contribution is 5.92. The summed E-state index contributed by atoms with van der Waals surface area (Å²) in [6.07, 6.45) is 1.38. The first-order valence-electron chi connectivity index (χ1n) is 9.73. The number of hydrogen-bond donors (Lipinski definition) is 3. The molecule has 6 nitrogen and oxygen atoms in total. The number of carbonyl (C=O) groups is 1. The molecule has 0 bridgehead atoms. The number of nitrogens with one attached hydrogen (secondary N) is 2. The molecule has 0 radical (unpaired) electrons. The number of aliphatic hydroxyl groups excluding tert-OH is 1. The lowest BCUT2D eigenvalue weighted by Gasteiger charge is -2.30. The first kappa shape index (κ1) is 18.2. The minimum Gasteiger partial charge on any atom is -0.390 e. The summed E-state index contributed by atoms with van der Waals surface area (Å²) in [5, 5.41) is 13.2. The minimum absolute atomic E-state index is 0.143. The van der Waals surface area contributed by atoms with Crippen LogP contribution in [0.25, 0.3) is 0 Å². The summed E-state index contributed by atoms with van der Waals surface area (Å²) in [5.41, 5.74) is 5.68. The van der Waals surface area contributed by atoms with Crippen molar-refractivity contribution in [3.8, 4) is 0 Å². The van der Waals surface area contributed by atoms with Crippen molar-refractivity contribution in [2.24, 2.45) is 0 Å². The highest BCUT2D eigenvalue weighted by atomic mass is 16.3. The van der Waals surface area contributed by atoms with E-state index in [2.05, 4.69) is 51.4 Å². The number of hydrogen-bond acceptors (Lipinski definition) is 4. The Labute approximate surface area is 160 Å². The van der Waals surface area contributed by atoms with E-state index in [1.807, 2.05) is 6.07 Å². The van der Waals surface area contributed by atoms with Crippen molar-refractivity contribution >= 4 is 5.91 Å². The lowest BCUT2D eigenvalue weighted by molar-refractivity contribution is 0.0838. The maximum absolute atomic E-state index is 12.4. The predicted molar refractivity (Wildman–Crippen MR) is 105 cm³/mol. The summed E-state index contributed by atoms with van der Waals surface area (Å²) in [4.78, 5) is 20.2. The number of benzene rings is 1. The van der Waals surface area contributed by atoms with Crippen molar-refractivity contribution in [2.45, 2.75) is 32.0 Å². The standard InChI is InChI=1S/C21H28N4O2/c1-24-8-7-19-17(12-24)10-20(23-19)21(27)22-11-18(26)14-25-9-6-15-4-2-3-5-16(15)13-25/h2-5,10,18,23,26H,6-9,11-14H2,1H3,(H,22,27). The van der Waals surface area contributed by atoms with Gasteiger partial charge in [0.05, 0.1) is 6.10 Å². The summed E-state index contributed by atoms with van der Waals surface area (Å²) in [7, 11) is 2.09. The molecule has 3 N–H and O–H groups in total. The van der Waals surface area contributed by atoms with Gasteiger partial charge in [0.25, 0.3) is 5.91 Å². The van der Waals surface area contributed by atoms with Gasteiger partial charge in [-0.1, -0.05) is 24.3 Å². The van der Waals surface area contributed by atoms with E-state index in [-0.39, 0.29) is 12.5 Å². The Morgan fingerprint density at radius 3 is 2.85 bits per heavy atom. The molecule has 0 saturated carbocycles. The van der Waals surface area contributed by atoms with Gasteiger partial charge in [-0.2, -0.15) is 0 Å². The Kier molecular flexibility index (Phi) is 5.29. The van der Waals surface area contributed by atoms with Gasteiger partial charge in [0.2, 0.25) is 0 Å². The summed E-state index contributed by atoms with van der Waals surface area (Å²) in [6, 6.07) is 10.4. The summed E-state index contributed by atoms with van der Waals surface area (Å²) >= 11 is 0. The molecule has 0 saturated heterocycles. The monoisotopic (exact) mass is 368 g/mol. The number of carbonyl (C=O) groups excluding carboxylic acids is 1. The van der Waals surface area contributed by atoms with Crippen molar-refractivity contribution < 1.29 is 9.90 Å². The van der Waals surface area contributed by atoms with Crippen LogP contribution in [-0.2, 0) is 25.9 Å². The van der Waals surface area contributed by atoms with Gasteiger partial charge in [0, 0.05) is 51.4 Å². The first-order chi connectivity index (χ1) is 13.1. The molecule has 3 heterocycles. The smallest absolute Gasteiger partial charge is 0.267 e. The average molecular weight is 368 g/mol. The van der Waals surface area contributed by atoms with Gasteiger partial charge in [-0.25, -0.2) is 0 Å². The molecule has 144 valence electrons. The number of H-pyrrole nitrogens is 1. The molecule has 0 aliphatic carbocycles. The third-order valence-electron chi connectivity index (χ3n) is 5.60. The van der Waals surface area contributed by atoms with Crippen molar-refractivity contribution in [2.75, 3.05) is 33.2 Å². The zero-order valence-electron chi connectivity index (χ0n) is 15.9. The molecule has 4 rings (SSSR count). The van der Waals surface area contributed by atoms with Crippen LogP contribution in [0.3, 0.4) is 0 Å². The van der Waals surface area contributed by atoms with Crippen molar-refractivity contribution in [1.29, 1.82) is 0 Å². The number of fused-ring (bicyclic) bond motifs is 2.